The van der Waals surface area contributed by atoms with Crippen LogP contribution in [0.15, 0.2) is 23.1 Å². The Hall–Kier alpha value is -2.53. The maximum atomic E-state index is 14.0. The van der Waals surface area contributed by atoms with Gasteiger partial charge in [-0.25, -0.2) is 9.18 Å². The van der Waals surface area contributed by atoms with Crippen molar-refractivity contribution < 1.29 is 37.3 Å². The van der Waals surface area contributed by atoms with Crippen LogP contribution in [0.2, 0.25) is 0 Å². The van der Waals surface area contributed by atoms with Crippen LogP contribution in [0.4, 0.5) is 13.4 Å². The number of fused-ring (bicyclic) bond motifs is 1. The van der Waals surface area contributed by atoms with Crippen molar-refractivity contribution >= 4 is 24.2 Å². The Kier molecular flexibility index (Phi) is 4.68. The fourth-order valence-electron chi connectivity index (χ4n) is 2.57. The number of hydrogen-bond donors (Lipinski definition) is 0. The van der Waals surface area contributed by atoms with Crippen LogP contribution in [-0.2, 0) is 14.4 Å². The topological polar surface area (TPSA) is 76.0 Å². The minimum atomic E-state index is -2.56. The second-order valence-electron chi connectivity index (χ2n) is 5.36. The van der Waals surface area contributed by atoms with Crippen molar-refractivity contribution in [3.8, 4) is 5.75 Å². The monoisotopic (exact) mass is 357 g/mol. The van der Waals surface area contributed by atoms with E-state index in [1.807, 2.05) is 0 Å². The quantitative estimate of drug-likeness (QED) is 0.740. The summed E-state index contributed by atoms with van der Waals surface area (Å²) in [5.74, 6) is -2.17. The van der Waals surface area contributed by atoms with E-state index in [2.05, 4.69) is 14.4 Å². The Morgan fingerprint density at radius 2 is 1.96 bits per heavy atom. The van der Waals surface area contributed by atoms with Crippen molar-refractivity contribution in [3.63, 3.8) is 0 Å². The van der Waals surface area contributed by atoms with E-state index < -0.39 is 30.1 Å². The molecule has 0 unspecified atom stereocenters. The molecule has 0 aliphatic heterocycles. The van der Waals surface area contributed by atoms with Gasteiger partial charge in [0.2, 0.25) is 5.43 Å². The highest BCUT2D eigenvalue weighted by Gasteiger charge is 2.34. The largest absolute Gasteiger partial charge is 0.780 e. The third-order valence-corrected chi connectivity index (χ3v) is 3.81. The lowest BCUT2D eigenvalue weighted by Crippen LogP contribution is -2.29. The molecule has 0 amide bonds. The number of benzene rings is 1. The maximum absolute atomic E-state index is 14.0. The van der Waals surface area contributed by atoms with Crippen LogP contribution < -0.4 is 10.2 Å². The summed E-state index contributed by atoms with van der Waals surface area (Å²) in [6, 6.07) is 2.14. The highest BCUT2D eigenvalue weighted by molar-refractivity contribution is 6.39. The SMILES string of the molecule is COc1c(F)ccc2c(=O)c(C(=O)OB(OF)OF)cn(C3CC3)c12. The predicted molar refractivity (Wildman–Crippen MR) is 78.5 cm³/mol. The van der Waals surface area contributed by atoms with Gasteiger partial charge in [-0.2, -0.15) is 9.72 Å². The molecule has 7 nitrogen and oxygen atoms in total. The maximum Gasteiger partial charge on any atom is 0.780 e. The Balaban J connectivity index is 2.19. The summed E-state index contributed by atoms with van der Waals surface area (Å²) < 4.78 is 48.7. The summed E-state index contributed by atoms with van der Waals surface area (Å²) in [6.07, 6.45) is 2.63. The van der Waals surface area contributed by atoms with Gasteiger partial charge < -0.3 is 14.0 Å². The molecule has 1 fully saturated rings. The first-order valence-corrected chi connectivity index (χ1v) is 7.19. The number of ether oxygens (including phenoxy) is 1. The van der Waals surface area contributed by atoms with Gasteiger partial charge in [0.1, 0.15) is 5.56 Å². The normalized spacial score (nSPS) is 13.8. The van der Waals surface area contributed by atoms with Gasteiger partial charge >= 0.3 is 13.3 Å². The fourth-order valence-corrected chi connectivity index (χ4v) is 2.57. The van der Waals surface area contributed by atoms with Crippen LogP contribution in [0.25, 0.3) is 10.9 Å². The van der Waals surface area contributed by atoms with Gasteiger partial charge in [-0.15, -0.1) is 0 Å². The summed E-state index contributed by atoms with van der Waals surface area (Å²) in [5, 5.41) is -0.00140. The molecule has 0 saturated heterocycles. The van der Waals surface area contributed by atoms with E-state index in [1.165, 1.54) is 17.7 Å². The van der Waals surface area contributed by atoms with Crippen LogP contribution in [0.5, 0.6) is 5.75 Å². The number of aromatic nitrogens is 1. The molecule has 1 aliphatic rings. The molecule has 1 aromatic heterocycles. The molecule has 25 heavy (non-hydrogen) atoms. The Labute approximate surface area is 138 Å². The van der Waals surface area contributed by atoms with Gasteiger partial charge in [0.25, 0.3) is 0 Å². The number of nitrogens with zero attached hydrogens (tertiary/aromatic N) is 1. The van der Waals surface area contributed by atoms with Crippen LogP contribution in [0.3, 0.4) is 0 Å². The zero-order chi connectivity index (χ0) is 18.1. The molecule has 0 atom stereocenters. The van der Waals surface area contributed by atoms with Crippen LogP contribution >= 0.6 is 0 Å². The van der Waals surface area contributed by atoms with Gasteiger partial charge in [0.05, 0.1) is 18.0 Å². The molecular formula is C14H11BF3NO6. The van der Waals surface area contributed by atoms with Gasteiger partial charge in [-0.05, 0) is 25.0 Å². The second kappa shape index (κ2) is 6.77. The first kappa shape index (κ1) is 17.3. The smallest absolute Gasteiger partial charge is 0.492 e. The van der Waals surface area contributed by atoms with Crippen LogP contribution in [-0.4, -0.2) is 25.0 Å². The fraction of sp³-hybridized carbons (Fsp3) is 0.286. The van der Waals surface area contributed by atoms with Gasteiger partial charge in [-0.1, -0.05) is 9.05 Å². The molecule has 11 heteroatoms. The Bertz CT molecular complexity index is 881. The third kappa shape index (κ3) is 3.07. The lowest BCUT2D eigenvalue weighted by Gasteiger charge is -2.15. The first-order valence-electron chi connectivity index (χ1n) is 7.19. The summed E-state index contributed by atoms with van der Waals surface area (Å²) in [7, 11) is -1.30. The van der Waals surface area contributed by atoms with Crippen molar-refractivity contribution in [3.05, 3.63) is 39.9 Å². The Morgan fingerprint density at radius 3 is 2.52 bits per heavy atom. The number of hydrogen-bond acceptors (Lipinski definition) is 6. The number of halogens is 3. The van der Waals surface area contributed by atoms with E-state index in [9.17, 15) is 23.0 Å². The molecule has 0 spiro atoms. The predicted octanol–water partition coefficient (Wildman–Crippen LogP) is 2.43. The lowest BCUT2D eigenvalue weighted by molar-refractivity contribution is -0.135. The van der Waals surface area contributed by atoms with Gasteiger partial charge in [-0.3, -0.25) is 4.79 Å². The molecule has 1 saturated carbocycles. The molecule has 2 aromatic rings. The van der Waals surface area contributed by atoms with Crippen molar-refractivity contribution in [2.75, 3.05) is 7.11 Å². The average Bonchev–Trinajstić information content (AvgIpc) is 3.44. The molecule has 132 valence electrons. The van der Waals surface area contributed by atoms with E-state index in [-0.39, 0.29) is 22.7 Å². The average molecular weight is 357 g/mol. The molecule has 1 aliphatic carbocycles. The van der Waals surface area contributed by atoms with Crippen molar-refractivity contribution in [2.24, 2.45) is 0 Å². The van der Waals surface area contributed by atoms with E-state index in [4.69, 9.17) is 4.74 Å². The molecular weight excluding hydrogens is 346 g/mol. The summed E-state index contributed by atoms with van der Waals surface area (Å²) in [6.45, 7) is 0. The summed E-state index contributed by atoms with van der Waals surface area (Å²) >= 11 is 0. The molecule has 0 bridgehead atoms. The van der Waals surface area contributed by atoms with E-state index in [0.29, 0.717) is 0 Å². The summed E-state index contributed by atoms with van der Waals surface area (Å²) in [5.41, 5.74) is -1.13. The van der Waals surface area contributed by atoms with Crippen molar-refractivity contribution in [1.82, 2.24) is 4.57 Å². The molecule has 0 N–H and O–H groups in total. The minimum Gasteiger partial charge on any atom is -0.492 e. The highest BCUT2D eigenvalue weighted by Crippen LogP contribution is 2.39. The minimum absolute atomic E-state index is 0.00140. The van der Waals surface area contributed by atoms with Crippen molar-refractivity contribution in [1.29, 1.82) is 0 Å². The number of pyridine rings is 1. The number of carbonyl (C=O) groups is 1. The van der Waals surface area contributed by atoms with E-state index in [1.54, 1.807) is 0 Å². The molecule has 1 heterocycles. The van der Waals surface area contributed by atoms with E-state index >= 15 is 0 Å². The van der Waals surface area contributed by atoms with Crippen molar-refractivity contribution in [2.45, 2.75) is 18.9 Å². The van der Waals surface area contributed by atoms with Crippen LogP contribution in [0, 0.1) is 5.82 Å². The number of rotatable bonds is 6. The molecule has 0 radical (unpaired) electrons. The van der Waals surface area contributed by atoms with E-state index in [0.717, 1.165) is 25.1 Å². The standard InChI is InChI=1S/C14H11BF3NO6/c1-22-13-10(16)5-4-8-11(13)19(7-2-3-7)6-9(12(8)20)14(21)23-15(24-17)25-18/h4-7H,2-3H2,1H3. The lowest BCUT2D eigenvalue weighted by atomic mass is 10.1. The number of methoxy groups -OCH3 is 1. The molecule has 1 aromatic carbocycles. The highest BCUT2D eigenvalue weighted by atomic mass is 19.3. The summed E-state index contributed by atoms with van der Waals surface area (Å²) in [4.78, 5) is 30.4. The Morgan fingerprint density at radius 1 is 1.28 bits per heavy atom. The van der Waals surface area contributed by atoms with Crippen LogP contribution in [0.1, 0.15) is 29.2 Å². The first-order chi connectivity index (χ1) is 12.0. The molecule has 3 rings (SSSR count). The number of carbonyl (C=O) groups excluding carboxylic acids is 1. The zero-order valence-electron chi connectivity index (χ0n) is 12.8. The van der Waals surface area contributed by atoms with Gasteiger partial charge in [0, 0.05) is 12.2 Å². The van der Waals surface area contributed by atoms with Gasteiger partial charge in [0.15, 0.2) is 11.6 Å². The third-order valence-electron chi connectivity index (χ3n) is 3.81. The second-order valence-corrected chi connectivity index (χ2v) is 5.36. The zero-order valence-corrected chi connectivity index (χ0v) is 12.8.